The lowest BCUT2D eigenvalue weighted by atomic mass is 10.1. The summed E-state index contributed by atoms with van der Waals surface area (Å²) in [5, 5.41) is 12.2. The van der Waals surface area contributed by atoms with Crippen LogP contribution in [0.1, 0.15) is 18.1 Å². The number of carbonyl (C=O) groups excluding carboxylic acids is 1. The van der Waals surface area contributed by atoms with Gasteiger partial charge in [-0.3, -0.25) is 9.59 Å². The lowest BCUT2D eigenvalue weighted by molar-refractivity contribution is -0.115. The van der Waals surface area contributed by atoms with Crippen molar-refractivity contribution in [3.05, 3.63) is 76.1 Å². The first kappa shape index (κ1) is 22.7. The van der Waals surface area contributed by atoms with Crippen LogP contribution in [0.2, 0.25) is 0 Å². The molecular formula is C21H22N4O4S2. The van der Waals surface area contributed by atoms with E-state index in [0.29, 0.717) is 16.4 Å². The Kier molecular flexibility index (Phi) is 6.63. The Morgan fingerprint density at radius 1 is 1.06 bits per heavy atom. The predicted octanol–water partition coefficient (Wildman–Crippen LogP) is 2.62. The summed E-state index contributed by atoms with van der Waals surface area (Å²) in [7, 11) is -3.79. The Balaban J connectivity index is 1.74. The summed E-state index contributed by atoms with van der Waals surface area (Å²) in [4.78, 5) is 24.8. The van der Waals surface area contributed by atoms with E-state index in [9.17, 15) is 18.0 Å². The Morgan fingerprint density at radius 2 is 1.74 bits per heavy atom. The number of hydrogen-bond acceptors (Lipinski definition) is 6. The molecule has 0 fully saturated rings. The van der Waals surface area contributed by atoms with Crippen LogP contribution in [0.15, 0.2) is 69.3 Å². The van der Waals surface area contributed by atoms with Gasteiger partial charge < -0.3 is 5.32 Å². The van der Waals surface area contributed by atoms with Gasteiger partial charge in [-0.25, -0.2) is 13.6 Å². The monoisotopic (exact) mass is 458 g/mol. The van der Waals surface area contributed by atoms with Crippen molar-refractivity contribution < 1.29 is 13.2 Å². The van der Waals surface area contributed by atoms with Gasteiger partial charge >= 0.3 is 0 Å². The number of rotatable bonds is 6. The van der Waals surface area contributed by atoms with Crippen LogP contribution in [-0.4, -0.2) is 29.4 Å². The van der Waals surface area contributed by atoms with E-state index >= 15 is 0 Å². The summed E-state index contributed by atoms with van der Waals surface area (Å²) in [6, 6.07) is 14.2. The van der Waals surface area contributed by atoms with Crippen LogP contribution in [0.4, 0.5) is 5.69 Å². The van der Waals surface area contributed by atoms with Crippen LogP contribution in [0.5, 0.6) is 0 Å². The van der Waals surface area contributed by atoms with Crippen LogP contribution in [0.25, 0.3) is 5.69 Å². The third-order valence-corrected chi connectivity index (χ3v) is 6.58. The van der Waals surface area contributed by atoms with Crippen LogP contribution in [0.3, 0.4) is 0 Å². The highest BCUT2D eigenvalue weighted by atomic mass is 32.2. The van der Waals surface area contributed by atoms with Crippen molar-refractivity contribution in [2.45, 2.75) is 35.9 Å². The molecule has 0 aliphatic heterocycles. The molecule has 3 rings (SSSR count). The molecule has 31 heavy (non-hydrogen) atoms. The number of aryl methyl sites for hydroxylation is 2. The van der Waals surface area contributed by atoms with Crippen LogP contribution >= 0.6 is 11.8 Å². The molecule has 3 aromatic rings. The fraction of sp³-hybridized carbons (Fsp3) is 0.190. The van der Waals surface area contributed by atoms with E-state index in [4.69, 9.17) is 5.14 Å². The van der Waals surface area contributed by atoms with E-state index in [2.05, 4.69) is 10.4 Å². The first-order valence-electron chi connectivity index (χ1n) is 9.33. The summed E-state index contributed by atoms with van der Waals surface area (Å²) < 4.78 is 24.0. The number of thioether (sulfide) groups is 1. The molecule has 10 heteroatoms. The van der Waals surface area contributed by atoms with Gasteiger partial charge in [-0.05, 0) is 74.4 Å². The summed E-state index contributed by atoms with van der Waals surface area (Å²) in [5.74, 6) is -0.293. The van der Waals surface area contributed by atoms with Gasteiger partial charge in [0.1, 0.15) is 5.03 Å². The molecular weight excluding hydrogens is 436 g/mol. The second-order valence-electron chi connectivity index (χ2n) is 7.01. The average Bonchev–Trinajstić information content (AvgIpc) is 2.71. The van der Waals surface area contributed by atoms with Gasteiger partial charge in [-0.2, -0.15) is 9.78 Å². The van der Waals surface area contributed by atoms with Gasteiger partial charge in [0, 0.05) is 11.8 Å². The molecule has 8 nitrogen and oxygen atoms in total. The Hall–Kier alpha value is -2.95. The van der Waals surface area contributed by atoms with Gasteiger partial charge in [-0.15, -0.1) is 0 Å². The number of benzene rings is 2. The quantitative estimate of drug-likeness (QED) is 0.547. The Morgan fingerprint density at radius 3 is 2.35 bits per heavy atom. The third-order valence-electron chi connectivity index (χ3n) is 4.63. The number of carbonyl (C=O) groups is 1. The standard InChI is InChI=1S/C21H22N4O4S2/c1-13-4-7-17(12-14(13)2)25-20(26)11-10-19(24-25)30-15(3)21(27)23-16-5-8-18(9-6-16)31(22,28)29/h4-12,15H,1-3H3,(H,23,27)(H2,22,28,29). The van der Waals surface area contributed by atoms with Crippen molar-refractivity contribution in [2.75, 3.05) is 5.32 Å². The molecule has 1 heterocycles. The van der Waals surface area contributed by atoms with Crippen LogP contribution in [0, 0.1) is 13.8 Å². The minimum atomic E-state index is -3.79. The first-order valence-corrected chi connectivity index (χ1v) is 11.8. The fourth-order valence-electron chi connectivity index (χ4n) is 2.71. The van der Waals surface area contributed by atoms with E-state index in [1.54, 1.807) is 13.0 Å². The SMILES string of the molecule is Cc1ccc(-n2nc(SC(C)C(=O)Nc3ccc(S(N)(=O)=O)cc3)ccc2=O)cc1C. The van der Waals surface area contributed by atoms with E-state index in [0.717, 1.165) is 11.1 Å². The molecule has 0 saturated heterocycles. The van der Waals surface area contributed by atoms with Crippen LogP contribution in [-0.2, 0) is 14.8 Å². The normalized spacial score (nSPS) is 12.4. The number of amides is 1. The topological polar surface area (TPSA) is 124 Å². The molecule has 162 valence electrons. The molecule has 0 radical (unpaired) electrons. The Labute approximate surface area is 184 Å². The van der Waals surface area contributed by atoms with Crippen molar-refractivity contribution in [2.24, 2.45) is 5.14 Å². The predicted molar refractivity (Wildman–Crippen MR) is 121 cm³/mol. The third kappa shape index (κ3) is 5.60. The second-order valence-corrected chi connectivity index (χ2v) is 9.93. The average molecular weight is 459 g/mol. The fourth-order valence-corrected chi connectivity index (χ4v) is 4.03. The molecule has 1 amide bonds. The maximum atomic E-state index is 12.5. The lowest BCUT2D eigenvalue weighted by Gasteiger charge is -2.13. The van der Waals surface area contributed by atoms with Gasteiger partial charge in [0.25, 0.3) is 5.56 Å². The second kappa shape index (κ2) is 9.04. The number of hydrogen-bond donors (Lipinski definition) is 2. The van der Waals surface area contributed by atoms with E-state index < -0.39 is 15.3 Å². The molecule has 3 N–H and O–H groups in total. The summed E-state index contributed by atoms with van der Waals surface area (Å²) in [6.07, 6.45) is 0. The van der Waals surface area contributed by atoms with E-state index in [1.807, 2.05) is 32.0 Å². The van der Waals surface area contributed by atoms with Crippen molar-refractivity contribution in [1.29, 1.82) is 0 Å². The first-order chi connectivity index (χ1) is 14.5. The molecule has 2 aromatic carbocycles. The van der Waals surface area contributed by atoms with Crippen molar-refractivity contribution in [3.8, 4) is 5.69 Å². The zero-order chi connectivity index (χ0) is 22.8. The highest BCUT2D eigenvalue weighted by Gasteiger charge is 2.17. The largest absolute Gasteiger partial charge is 0.325 e. The maximum absolute atomic E-state index is 12.5. The highest BCUT2D eigenvalue weighted by Crippen LogP contribution is 2.22. The van der Waals surface area contributed by atoms with Gasteiger partial charge in [-0.1, -0.05) is 17.8 Å². The summed E-state index contributed by atoms with van der Waals surface area (Å²) >= 11 is 1.20. The molecule has 0 aliphatic rings. The number of nitrogens with two attached hydrogens (primary N) is 1. The summed E-state index contributed by atoms with van der Waals surface area (Å²) in [6.45, 7) is 5.67. The minimum Gasteiger partial charge on any atom is -0.325 e. The minimum absolute atomic E-state index is 0.0364. The number of anilines is 1. The molecule has 1 unspecified atom stereocenters. The number of nitrogens with one attached hydrogen (secondary N) is 1. The summed E-state index contributed by atoms with van der Waals surface area (Å²) in [5.41, 5.74) is 3.00. The molecule has 0 bridgehead atoms. The van der Waals surface area contributed by atoms with Crippen LogP contribution < -0.4 is 16.0 Å². The molecule has 1 aromatic heterocycles. The zero-order valence-corrected chi connectivity index (χ0v) is 18.8. The number of primary sulfonamides is 1. The van der Waals surface area contributed by atoms with E-state index in [-0.39, 0.29) is 16.4 Å². The van der Waals surface area contributed by atoms with Gasteiger partial charge in [0.05, 0.1) is 15.8 Å². The van der Waals surface area contributed by atoms with Crippen molar-refractivity contribution >= 4 is 33.4 Å². The zero-order valence-electron chi connectivity index (χ0n) is 17.2. The number of nitrogens with zero attached hydrogens (tertiary/aromatic N) is 2. The van der Waals surface area contributed by atoms with Crippen molar-refractivity contribution in [3.63, 3.8) is 0 Å². The molecule has 0 aliphatic carbocycles. The Bertz CT molecular complexity index is 1290. The number of aromatic nitrogens is 2. The molecule has 1 atom stereocenters. The van der Waals surface area contributed by atoms with Crippen molar-refractivity contribution in [1.82, 2.24) is 9.78 Å². The number of sulfonamides is 1. The van der Waals surface area contributed by atoms with Gasteiger partial charge in [0.2, 0.25) is 15.9 Å². The maximum Gasteiger partial charge on any atom is 0.271 e. The smallest absolute Gasteiger partial charge is 0.271 e. The highest BCUT2D eigenvalue weighted by molar-refractivity contribution is 8.00. The lowest BCUT2D eigenvalue weighted by Crippen LogP contribution is -2.24. The van der Waals surface area contributed by atoms with E-state index in [1.165, 1.54) is 46.8 Å². The molecule has 0 spiro atoms. The molecule has 0 saturated carbocycles. The van der Waals surface area contributed by atoms with Gasteiger partial charge in [0.15, 0.2) is 0 Å².